The highest BCUT2D eigenvalue weighted by Gasteiger charge is 2.09. The van der Waals surface area contributed by atoms with Crippen LogP contribution in [-0.4, -0.2) is 16.1 Å². The highest BCUT2D eigenvalue weighted by Crippen LogP contribution is 2.19. The Labute approximate surface area is 111 Å². The zero-order valence-corrected chi connectivity index (χ0v) is 10.7. The number of carbonyl (C=O) groups excluding carboxylic acids is 1. The van der Waals surface area contributed by atoms with Gasteiger partial charge in [0.15, 0.2) is 6.29 Å². The van der Waals surface area contributed by atoms with Crippen molar-refractivity contribution in [2.24, 2.45) is 0 Å². The smallest absolute Gasteiger partial charge is 0.170 e. The number of para-hydroxylation sites is 1. The molecule has 0 bridgehead atoms. The Morgan fingerprint density at radius 2 is 1.84 bits per heavy atom. The number of aromatic nitrogens is 2. The number of rotatable bonds is 3. The third-order valence-corrected chi connectivity index (χ3v) is 3.38. The fourth-order valence-corrected chi connectivity index (χ4v) is 2.31. The molecular weight excluding hydrogens is 236 g/mol. The first kappa shape index (κ1) is 11.7. The van der Waals surface area contributed by atoms with E-state index in [-0.39, 0.29) is 0 Å². The van der Waals surface area contributed by atoms with Crippen molar-refractivity contribution >= 4 is 17.2 Å². The Morgan fingerprint density at radius 3 is 2.63 bits per heavy atom. The molecule has 19 heavy (non-hydrogen) atoms. The maximum Gasteiger partial charge on any atom is 0.170 e. The Bertz CT molecular complexity index is 743. The van der Waals surface area contributed by atoms with Crippen molar-refractivity contribution in [3.05, 3.63) is 65.4 Å². The molecule has 0 aliphatic carbocycles. The Hall–Kier alpha value is -2.42. The molecule has 0 saturated heterocycles. The van der Waals surface area contributed by atoms with Crippen molar-refractivity contribution in [1.82, 2.24) is 9.78 Å². The van der Waals surface area contributed by atoms with Gasteiger partial charge in [-0.1, -0.05) is 42.5 Å². The molecule has 0 saturated carbocycles. The second-order valence-corrected chi connectivity index (χ2v) is 4.60. The van der Waals surface area contributed by atoms with E-state index >= 15 is 0 Å². The summed E-state index contributed by atoms with van der Waals surface area (Å²) >= 11 is 0. The van der Waals surface area contributed by atoms with Gasteiger partial charge in [0.2, 0.25) is 0 Å². The van der Waals surface area contributed by atoms with Gasteiger partial charge >= 0.3 is 0 Å². The van der Waals surface area contributed by atoms with Crippen molar-refractivity contribution in [3.8, 4) is 0 Å². The van der Waals surface area contributed by atoms with Crippen LogP contribution in [0, 0.1) is 6.92 Å². The largest absolute Gasteiger partial charge is 0.296 e. The van der Waals surface area contributed by atoms with Crippen molar-refractivity contribution in [1.29, 1.82) is 0 Å². The molecule has 0 aliphatic rings. The molecule has 0 aliphatic heterocycles. The molecule has 0 radical (unpaired) electrons. The minimum atomic E-state index is 0.504. The number of hydrogen-bond acceptors (Lipinski definition) is 2. The van der Waals surface area contributed by atoms with Crippen LogP contribution in [0.3, 0.4) is 0 Å². The fraction of sp³-hybridized carbons (Fsp3) is 0.125. The summed E-state index contributed by atoms with van der Waals surface area (Å²) < 4.78 is 1.89. The van der Waals surface area contributed by atoms with Gasteiger partial charge in [-0.05, 0) is 24.1 Å². The van der Waals surface area contributed by atoms with E-state index in [9.17, 15) is 4.79 Å². The van der Waals surface area contributed by atoms with Crippen LogP contribution >= 0.6 is 0 Å². The molecular formula is C16H14N2O. The van der Waals surface area contributed by atoms with Crippen LogP contribution in [0.2, 0.25) is 0 Å². The number of fused-ring (bicyclic) bond motifs is 1. The minimum absolute atomic E-state index is 0.504. The van der Waals surface area contributed by atoms with Crippen LogP contribution in [-0.2, 0) is 6.54 Å². The topological polar surface area (TPSA) is 34.9 Å². The SMILES string of the molecule is Cc1ccccc1Cn1nc(C=O)c2ccccc21. The molecule has 0 spiro atoms. The maximum atomic E-state index is 11.1. The van der Waals surface area contributed by atoms with E-state index in [1.54, 1.807) is 0 Å². The number of benzene rings is 2. The molecule has 1 aromatic heterocycles. The highest BCUT2D eigenvalue weighted by molar-refractivity contribution is 5.95. The van der Waals surface area contributed by atoms with Crippen molar-refractivity contribution < 1.29 is 4.79 Å². The fourth-order valence-electron chi connectivity index (χ4n) is 2.31. The second kappa shape index (κ2) is 4.69. The van der Waals surface area contributed by atoms with E-state index in [4.69, 9.17) is 0 Å². The lowest BCUT2D eigenvalue weighted by Gasteiger charge is -2.06. The van der Waals surface area contributed by atoms with Crippen molar-refractivity contribution in [3.63, 3.8) is 0 Å². The zero-order valence-electron chi connectivity index (χ0n) is 10.7. The second-order valence-electron chi connectivity index (χ2n) is 4.60. The summed E-state index contributed by atoms with van der Waals surface area (Å²) in [6, 6.07) is 16.0. The van der Waals surface area contributed by atoms with E-state index in [1.165, 1.54) is 11.1 Å². The monoisotopic (exact) mass is 250 g/mol. The van der Waals surface area contributed by atoms with Gasteiger partial charge in [-0.2, -0.15) is 5.10 Å². The van der Waals surface area contributed by atoms with Gasteiger partial charge in [0, 0.05) is 5.39 Å². The number of hydrogen-bond donors (Lipinski definition) is 0. The summed E-state index contributed by atoms with van der Waals surface area (Å²) in [6.07, 6.45) is 0.816. The van der Waals surface area contributed by atoms with E-state index in [1.807, 2.05) is 41.1 Å². The Kier molecular flexibility index (Phi) is 2.88. The summed E-state index contributed by atoms with van der Waals surface area (Å²) in [6.45, 7) is 2.77. The molecule has 3 rings (SSSR count). The van der Waals surface area contributed by atoms with Crippen LogP contribution in [0.5, 0.6) is 0 Å². The van der Waals surface area contributed by atoms with Crippen LogP contribution in [0.1, 0.15) is 21.6 Å². The first-order chi connectivity index (χ1) is 9.29. The van der Waals surface area contributed by atoms with Crippen LogP contribution < -0.4 is 0 Å². The average Bonchev–Trinajstić information content (AvgIpc) is 2.80. The van der Waals surface area contributed by atoms with Crippen LogP contribution in [0.4, 0.5) is 0 Å². The highest BCUT2D eigenvalue weighted by atomic mass is 16.1. The number of aldehydes is 1. The zero-order chi connectivity index (χ0) is 13.2. The minimum Gasteiger partial charge on any atom is -0.296 e. The van der Waals surface area contributed by atoms with Gasteiger partial charge in [0.05, 0.1) is 12.1 Å². The van der Waals surface area contributed by atoms with Crippen molar-refractivity contribution in [2.45, 2.75) is 13.5 Å². The molecule has 94 valence electrons. The molecule has 0 amide bonds. The Morgan fingerprint density at radius 1 is 1.11 bits per heavy atom. The molecule has 2 aromatic carbocycles. The molecule has 3 heteroatoms. The van der Waals surface area contributed by atoms with E-state index in [0.29, 0.717) is 12.2 Å². The number of aryl methyl sites for hydroxylation is 1. The summed E-state index contributed by atoms with van der Waals surface area (Å²) in [5.74, 6) is 0. The van der Waals surface area contributed by atoms with E-state index in [2.05, 4.69) is 24.2 Å². The van der Waals surface area contributed by atoms with Gasteiger partial charge in [0.1, 0.15) is 5.69 Å². The average molecular weight is 250 g/mol. The molecule has 0 unspecified atom stereocenters. The third kappa shape index (κ3) is 2.03. The molecule has 0 atom stereocenters. The predicted molar refractivity (Wildman–Crippen MR) is 75.4 cm³/mol. The Balaban J connectivity index is 2.11. The summed E-state index contributed by atoms with van der Waals surface area (Å²) in [5.41, 5.74) is 3.94. The maximum absolute atomic E-state index is 11.1. The summed E-state index contributed by atoms with van der Waals surface area (Å²) in [7, 11) is 0. The van der Waals surface area contributed by atoms with Gasteiger partial charge in [-0.3, -0.25) is 9.48 Å². The third-order valence-electron chi connectivity index (χ3n) is 3.38. The number of nitrogens with zero attached hydrogens (tertiary/aromatic N) is 2. The number of carbonyl (C=O) groups is 1. The molecule has 3 nitrogen and oxygen atoms in total. The first-order valence-corrected chi connectivity index (χ1v) is 6.25. The first-order valence-electron chi connectivity index (χ1n) is 6.25. The van der Waals surface area contributed by atoms with E-state index < -0.39 is 0 Å². The lowest BCUT2D eigenvalue weighted by molar-refractivity contribution is 0.111. The molecule has 3 aromatic rings. The lowest BCUT2D eigenvalue weighted by atomic mass is 10.1. The molecule has 0 N–H and O–H groups in total. The predicted octanol–water partition coefficient (Wildman–Crippen LogP) is 3.21. The summed E-state index contributed by atoms with van der Waals surface area (Å²) in [4.78, 5) is 11.1. The van der Waals surface area contributed by atoms with Crippen LogP contribution in [0.25, 0.3) is 10.9 Å². The van der Waals surface area contributed by atoms with Gasteiger partial charge in [0.25, 0.3) is 0 Å². The standard InChI is InChI=1S/C16H14N2O/c1-12-6-2-3-7-13(12)10-18-16-9-5-4-8-14(16)15(11-19)17-18/h2-9,11H,10H2,1H3. The van der Waals surface area contributed by atoms with E-state index in [0.717, 1.165) is 17.2 Å². The van der Waals surface area contributed by atoms with Gasteiger partial charge in [-0.15, -0.1) is 0 Å². The van der Waals surface area contributed by atoms with Crippen molar-refractivity contribution in [2.75, 3.05) is 0 Å². The molecule has 1 heterocycles. The molecule has 0 fully saturated rings. The van der Waals surface area contributed by atoms with Gasteiger partial charge in [-0.25, -0.2) is 0 Å². The lowest BCUT2D eigenvalue weighted by Crippen LogP contribution is -2.03. The summed E-state index contributed by atoms with van der Waals surface area (Å²) in [5, 5.41) is 5.30. The van der Waals surface area contributed by atoms with Gasteiger partial charge < -0.3 is 0 Å². The normalized spacial score (nSPS) is 10.8. The van der Waals surface area contributed by atoms with Crippen LogP contribution in [0.15, 0.2) is 48.5 Å². The quantitative estimate of drug-likeness (QED) is 0.669.